The van der Waals surface area contributed by atoms with E-state index in [0.717, 1.165) is 18.4 Å². The molecule has 2 aromatic carbocycles. The molecular weight excluding hydrogens is 364 g/mol. The molecule has 1 N–H and O–H groups in total. The molecule has 2 rings (SSSR count). The van der Waals surface area contributed by atoms with Crippen LogP contribution in [0, 0.1) is 6.92 Å². The summed E-state index contributed by atoms with van der Waals surface area (Å²) in [4.78, 5) is 12.2. The highest BCUT2D eigenvalue weighted by Crippen LogP contribution is 2.18. The minimum Gasteiger partial charge on any atom is -0.484 e. The van der Waals surface area contributed by atoms with E-state index in [1.54, 1.807) is 25.2 Å². The first-order valence-corrected chi connectivity index (χ1v) is 10.3. The molecule has 146 valence electrons. The number of carbonyl (C=O) groups is 1. The van der Waals surface area contributed by atoms with Crippen LogP contribution in [-0.2, 0) is 14.8 Å². The van der Waals surface area contributed by atoms with Crippen molar-refractivity contribution in [2.45, 2.75) is 31.6 Å². The van der Waals surface area contributed by atoms with Gasteiger partial charge in [0.15, 0.2) is 6.61 Å². The van der Waals surface area contributed by atoms with Crippen molar-refractivity contribution in [3.8, 4) is 5.75 Å². The molecule has 0 aromatic heterocycles. The van der Waals surface area contributed by atoms with Crippen LogP contribution in [0.3, 0.4) is 0 Å². The van der Waals surface area contributed by atoms with Gasteiger partial charge in [0.1, 0.15) is 5.75 Å². The maximum absolute atomic E-state index is 12.5. The van der Waals surface area contributed by atoms with E-state index in [2.05, 4.69) is 5.32 Å². The molecule has 0 aliphatic rings. The Morgan fingerprint density at radius 2 is 1.85 bits per heavy atom. The Bertz CT molecular complexity index is 864. The van der Waals surface area contributed by atoms with Gasteiger partial charge in [-0.25, -0.2) is 12.7 Å². The zero-order valence-corrected chi connectivity index (χ0v) is 16.8. The lowest BCUT2D eigenvalue weighted by atomic mass is 10.2. The van der Waals surface area contributed by atoms with Gasteiger partial charge in [0.2, 0.25) is 10.0 Å². The SMILES string of the molecule is CCCCN(C)S(=O)(=O)c1ccc(NC(=O)COc2cccc(C)c2)cc1. The zero-order chi connectivity index (χ0) is 19.9. The fraction of sp³-hybridized carbons (Fsp3) is 0.350. The number of hydrogen-bond acceptors (Lipinski definition) is 4. The fourth-order valence-electron chi connectivity index (χ4n) is 2.44. The predicted octanol–water partition coefficient (Wildman–Crippen LogP) is 3.43. The predicted molar refractivity (Wildman–Crippen MR) is 106 cm³/mol. The van der Waals surface area contributed by atoms with Crippen LogP contribution in [0.15, 0.2) is 53.4 Å². The smallest absolute Gasteiger partial charge is 0.262 e. The second-order valence-corrected chi connectivity index (χ2v) is 8.40. The van der Waals surface area contributed by atoms with Crippen molar-refractivity contribution in [1.82, 2.24) is 4.31 Å². The van der Waals surface area contributed by atoms with Gasteiger partial charge in [0.05, 0.1) is 4.90 Å². The summed E-state index contributed by atoms with van der Waals surface area (Å²) in [5.41, 5.74) is 1.57. The largest absolute Gasteiger partial charge is 0.484 e. The fourth-order valence-corrected chi connectivity index (χ4v) is 3.65. The number of carbonyl (C=O) groups excluding carboxylic acids is 1. The first-order valence-electron chi connectivity index (χ1n) is 8.88. The van der Waals surface area contributed by atoms with Crippen LogP contribution in [0.4, 0.5) is 5.69 Å². The molecule has 1 amide bonds. The molecule has 0 bridgehead atoms. The van der Waals surface area contributed by atoms with Crippen molar-refractivity contribution in [3.63, 3.8) is 0 Å². The van der Waals surface area contributed by atoms with Crippen molar-refractivity contribution in [3.05, 3.63) is 54.1 Å². The van der Waals surface area contributed by atoms with Gasteiger partial charge in [-0.3, -0.25) is 4.79 Å². The number of ether oxygens (including phenoxy) is 1. The van der Waals surface area contributed by atoms with Crippen molar-refractivity contribution in [1.29, 1.82) is 0 Å². The number of amides is 1. The third-order valence-electron chi connectivity index (χ3n) is 4.03. The highest BCUT2D eigenvalue weighted by Gasteiger charge is 2.20. The summed E-state index contributed by atoms with van der Waals surface area (Å²) in [5.74, 6) is 0.314. The second-order valence-electron chi connectivity index (χ2n) is 6.36. The zero-order valence-electron chi connectivity index (χ0n) is 15.9. The summed E-state index contributed by atoms with van der Waals surface area (Å²) in [6, 6.07) is 13.6. The number of sulfonamides is 1. The lowest BCUT2D eigenvalue weighted by Gasteiger charge is -2.17. The Balaban J connectivity index is 1.93. The van der Waals surface area contributed by atoms with E-state index in [1.807, 2.05) is 32.0 Å². The summed E-state index contributed by atoms with van der Waals surface area (Å²) >= 11 is 0. The van der Waals surface area contributed by atoms with Crippen LogP contribution in [-0.4, -0.2) is 38.8 Å². The number of nitrogens with one attached hydrogen (secondary N) is 1. The van der Waals surface area contributed by atoms with Crippen LogP contribution >= 0.6 is 0 Å². The summed E-state index contributed by atoms with van der Waals surface area (Å²) < 4.78 is 31.8. The maximum Gasteiger partial charge on any atom is 0.262 e. The van der Waals surface area contributed by atoms with Gasteiger partial charge in [-0.05, 0) is 55.3 Å². The summed E-state index contributed by atoms with van der Waals surface area (Å²) in [7, 11) is -1.94. The third-order valence-corrected chi connectivity index (χ3v) is 5.90. The maximum atomic E-state index is 12.5. The minimum atomic E-state index is -3.51. The molecule has 0 aliphatic carbocycles. The van der Waals surface area contributed by atoms with E-state index in [9.17, 15) is 13.2 Å². The van der Waals surface area contributed by atoms with Crippen LogP contribution in [0.25, 0.3) is 0 Å². The molecule has 0 unspecified atom stereocenters. The topological polar surface area (TPSA) is 75.7 Å². The molecular formula is C20H26N2O4S. The van der Waals surface area contributed by atoms with Gasteiger partial charge in [-0.15, -0.1) is 0 Å². The van der Waals surface area contributed by atoms with Crippen LogP contribution in [0.2, 0.25) is 0 Å². The van der Waals surface area contributed by atoms with Gasteiger partial charge in [0, 0.05) is 19.3 Å². The highest BCUT2D eigenvalue weighted by molar-refractivity contribution is 7.89. The Morgan fingerprint density at radius 1 is 1.15 bits per heavy atom. The molecule has 27 heavy (non-hydrogen) atoms. The molecule has 0 aliphatic heterocycles. The van der Waals surface area contributed by atoms with E-state index < -0.39 is 10.0 Å². The Kier molecular flexibility index (Phi) is 7.38. The molecule has 2 aromatic rings. The molecule has 6 nitrogen and oxygen atoms in total. The van der Waals surface area contributed by atoms with Crippen molar-refractivity contribution < 1.29 is 17.9 Å². The quantitative estimate of drug-likeness (QED) is 0.712. The van der Waals surface area contributed by atoms with E-state index >= 15 is 0 Å². The number of nitrogens with zero attached hydrogens (tertiary/aromatic N) is 1. The van der Waals surface area contributed by atoms with Gasteiger partial charge in [0.25, 0.3) is 5.91 Å². The summed E-state index contributed by atoms with van der Waals surface area (Å²) in [6.45, 7) is 4.32. The Labute approximate surface area is 161 Å². The first kappa shape index (κ1) is 20.9. The lowest BCUT2D eigenvalue weighted by Crippen LogP contribution is -2.28. The normalized spacial score (nSPS) is 11.4. The molecule has 0 radical (unpaired) electrons. The van der Waals surface area contributed by atoms with Gasteiger partial charge in [-0.2, -0.15) is 0 Å². The first-order chi connectivity index (χ1) is 12.8. The van der Waals surface area contributed by atoms with Crippen LogP contribution < -0.4 is 10.1 Å². The van der Waals surface area contributed by atoms with Crippen LogP contribution in [0.1, 0.15) is 25.3 Å². The van der Waals surface area contributed by atoms with Crippen molar-refractivity contribution >= 4 is 21.6 Å². The lowest BCUT2D eigenvalue weighted by molar-refractivity contribution is -0.118. The minimum absolute atomic E-state index is 0.122. The van der Waals surface area contributed by atoms with E-state index in [4.69, 9.17) is 4.74 Å². The van der Waals surface area contributed by atoms with Gasteiger partial charge >= 0.3 is 0 Å². The molecule has 0 heterocycles. The Hall–Kier alpha value is -2.38. The average Bonchev–Trinajstić information content (AvgIpc) is 2.65. The van der Waals surface area contributed by atoms with E-state index in [0.29, 0.717) is 18.0 Å². The summed E-state index contributed by atoms with van der Waals surface area (Å²) in [5, 5.41) is 2.70. The number of unbranched alkanes of at least 4 members (excludes halogenated alkanes) is 1. The third kappa shape index (κ3) is 6.08. The molecule has 7 heteroatoms. The molecule has 0 saturated heterocycles. The number of rotatable bonds is 9. The van der Waals surface area contributed by atoms with Crippen LogP contribution in [0.5, 0.6) is 5.75 Å². The average molecular weight is 391 g/mol. The molecule has 0 spiro atoms. The number of benzene rings is 2. The van der Waals surface area contributed by atoms with E-state index in [1.165, 1.54) is 16.4 Å². The second kappa shape index (κ2) is 9.53. The van der Waals surface area contributed by atoms with Crippen molar-refractivity contribution in [2.75, 3.05) is 25.5 Å². The Morgan fingerprint density at radius 3 is 2.48 bits per heavy atom. The number of hydrogen-bond donors (Lipinski definition) is 1. The molecule has 0 atom stereocenters. The van der Waals surface area contributed by atoms with Crippen molar-refractivity contribution in [2.24, 2.45) is 0 Å². The number of anilines is 1. The monoisotopic (exact) mass is 390 g/mol. The molecule has 0 saturated carbocycles. The van der Waals surface area contributed by atoms with E-state index in [-0.39, 0.29) is 17.4 Å². The highest BCUT2D eigenvalue weighted by atomic mass is 32.2. The van der Waals surface area contributed by atoms with Gasteiger partial charge in [-0.1, -0.05) is 25.5 Å². The number of aryl methyl sites for hydroxylation is 1. The van der Waals surface area contributed by atoms with Gasteiger partial charge < -0.3 is 10.1 Å². The summed E-state index contributed by atoms with van der Waals surface area (Å²) in [6.07, 6.45) is 1.74. The molecule has 0 fully saturated rings. The standard InChI is InChI=1S/C20H26N2O4S/c1-4-5-13-22(3)27(24,25)19-11-9-17(10-12-19)21-20(23)15-26-18-8-6-7-16(2)14-18/h6-12,14H,4-5,13,15H2,1-3H3,(H,21,23).